The topological polar surface area (TPSA) is 42.2 Å². The third kappa shape index (κ3) is 5.00. The molecule has 1 amide bonds. The van der Waals surface area contributed by atoms with Gasteiger partial charge >= 0.3 is 0 Å². The molecule has 3 heteroatoms. The number of hydrogen-bond acceptors (Lipinski definition) is 2. The summed E-state index contributed by atoms with van der Waals surface area (Å²) < 4.78 is 5.15. The number of furan rings is 1. The fourth-order valence-corrected chi connectivity index (χ4v) is 1.95. The fourth-order valence-electron chi connectivity index (χ4n) is 1.95. The highest BCUT2D eigenvalue weighted by Crippen LogP contribution is 2.06. The lowest BCUT2D eigenvalue weighted by molar-refractivity contribution is -0.121. The second kappa shape index (κ2) is 7.41. The second-order valence-corrected chi connectivity index (χ2v) is 4.55. The van der Waals surface area contributed by atoms with Crippen LogP contribution in [0.1, 0.15) is 30.6 Å². The van der Waals surface area contributed by atoms with Crippen LogP contribution in [0.25, 0.3) is 0 Å². The van der Waals surface area contributed by atoms with Gasteiger partial charge in [-0.05, 0) is 37.0 Å². The van der Waals surface area contributed by atoms with Crippen molar-refractivity contribution in [3.05, 3.63) is 60.1 Å². The average Bonchev–Trinajstić information content (AvgIpc) is 2.96. The molecule has 1 aromatic carbocycles. The van der Waals surface area contributed by atoms with Crippen LogP contribution >= 0.6 is 0 Å². The zero-order valence-electron chi connectivity index (χ0n) is 11.0. The van der Waals surface area contributed by atoms with Gasteiger partial charge in [0, 0.05) is 6.42 Å². The van der Waals surface area contributed by atoms with E-state index in [1.807, 2.05) is 30.3 Å². The van der Waals surface area contributed by atoms with Gasteiger partial charge in [0.15, 0.2) is 0 Å². The van der Waals surface area contributed by atoms with Crippen molar-refractivity contribution >= 4 is 5.91 Å². The number of carbonyl (C=O) groups is 1. The lowest BCUT2D eigenvalue weighted by atomic mass is 10.1. The van der Waals surface area contributed by atoms with Crippen molar-refractivity contribution in [2.45, 2.75) is 32.2 Å². The minimum absolute atomic E-state index is 0.0875. The van der Waals surface area contributed by atoms with Crippen LogP contribution in [0.4, 0.5) is 0 Å². The SMILES string of the molecule is O=C(CCCCc1ccccc1)NCc1ccco1. The van der Waals surface area contributed by atoms with Crippen LogP contribution in [0.2, 0.25) is 0 Å². The Morgan fingerprint density at radius 2 is 1.89 bits per heavy atom. The molecule has 2 aromatic rings. The van der Waals surface area contributed by atoms with Crippen molar-refractivity contribution < 1.29 is 9.21 Å². The molecule has 0 fully saturated rings. The number of rotatable bonds is 7. The second-order valence-electron chi connectivity index (χ2n) is 4.55. The number of carbonyl (C=O) groups excluding carboxylic acids is 1. The van der Waals surface area contributed by atoms with Crippen LogP contribution in [0, 0.1) is 0 Å². The molecule has 0 saturated carbocycles. The Hall–Kier alpha value is -2.03. The lowest BCUT2D eigenvalue weighted by Crippen LogP contribution is -2.22. The Morgan fingerprint density at radius 3 is 2.63 bits per heavy atom. The van der Waals surface area contributed by atoms with Gasteiger partial charge in [0.25, 0.3) is 0 Å². The molecular formula is C16H19NO2. The first-order chi connectivity index (χ1) is 9.34. The molecule has 0 atom stereocenters. The summed E-state index contributed by atoms with van der Waals surface area (Å²) in [4.78, 5) is 11.6. The Bertz CT molecular complexity index is 477. The van der Waals surface area contributed by atoms with Gasteiger partial charge in [-0.25, -0.2) is 0 Å². The smallest absolute Gasteiger partial charge is 0.220 e. The maximum Gasteiger partial charge on any atom is 0.220 e. The number of benzene rings is 1. The summed E-state index contributed by atoms with van der Waals surface area (Å²) in [6.45, 7) is 0.477. The summed E-state index contributed by atoms with van der Waals surface area (Å²) in [5.41, 5.74) is 1.33. The quantitative estimate of drug-likeness (QED) is 0.773. The zero-order chi connectivity index (χ0) is 13.3. The lowest BCUT2D eigenvalue weighted by Gasteiger charge is -2.03. The Balaban J connectivity index is 1.57. The van der Waals surface area contributed by atoms with E-state index in [1.165, 1.54) is 5.56 Å². The van der Waals surface area contributed by atoms with E-state index in [9.17, 15) is 4.79 Å². The number of amides is 1. The molecule has 0 spiro atoms. The summed E-state index contributed by atoms with van der Waals surface area (Å²) in [6, 6.07) is 14.0. The summed E-state index contributed by atoms with van der Waals surface area (Å²) in [7, 11) is 0. The molecule has 0 radical (unpaired) electrons. The normalized spacial score (nSPS) is 10.3. The van der Waals surface area contributed by atoms with Gasteiger partial charge in [0.05, 0.1) is 12.8 Å². The van der Waals surface area contributed by atoms with Gasteiger partial charge in [-0.1, -0.05) is 30.3 Å². The third-order valence-corrected chi connectivity index (χ3v) is 3.00. The van der Waals surface area contributed by atoms with Gasteiger partial charge in [-0.3, -0.25) is 4.79 Å². The number of aryl methyl sites for hydroxylation is 1. The van der Waals surface area contributed by atoms with Crippen LogP contribution in [0.5, 0.6) is 0 Å². The van der Waals surface area contributed by atoms with Crippen LogP contribution in [-0.2, 0) is 17.8 Å². The molecule has 2 rings (SSSR count). The van der Waals surface area contributed by atoms with Crippen LogP contribution < -0.4 is 5.32 Å². The van der Waals surface area contributed by atoms with Crippen molar-refractivity contribution in [1.29, 1.82) is 0 Å². The van der Waals surface area contributed by atoms with E-state index in [-0.39, 0.29) is 5.91 Å². The molecule has 0 saturated heterocycles. The van der Waals surface area contributed by atoms with Crippen molar-refractivity contribution in [2.75, 3.05) is 0 Å². The molecule has 1 N–H and O–H groups in total. The Morgan fingerprint density at radius 1 is 1.05 bits per heavy atom. The van der Waals surface area contributed by atoms with Crippen LogP contribution in [0.15, 0.2) is 53.1 Å². The van der Waals surface area contributed by atoms with Crippen LogP contribution in [0.3, 0.4) is 0 Å². The van der Waals surface area contributed by atoms with Gasteiger partial charge in [0.2, 0.25) is 5.91 Å². The van der Waals surface area contributed by atoms with E-state index in [0.717, 1.165) is 25.0 Å². The first-order valence-corrected chi connectivity index (χ1v) is 6.67. The molecular weight excluding hydrogens is 238 g/mol. The predicted octanol–water partition coefficient (Wildman–Crippen LogP) is 3.31. The number of nitrogens with one attached hydrogen (secondary N) is 1. The molecule has 1 heterocycles. The molecule has 19 heavy (non-hydrogen) atoms. The third-order valence-electron chi connectivity index (χ3n) is 3.00. The largest absolute Gasteiger partial charge is 0.467 e. The monoisotopic (exact) mass is 257 g/mol. The maximum atomic E-state index is 11.6. The van der Waals surface area contributed by atoms with Gasteiger partial charge in [-0.15, -0.1) is 0 Å². The summed E-state index contributed by atoms with van der Waals surface area (Å²) in [5.74, 6) is 0.877. The van der Waals surface area contributed by atoms with Gasteiger partial charge in [0.1, 0.15) is 5.76 Å². The Kier molecular flexibility index (Phi) is 5.23. The van der Waals surface area contributed by atoms with Crippen molar-refractivity contribution in [1.82, 2.24) is 5.32 Å². The van der Waals surface area contributed by atoms with E-state index in [0.29, 0.717) is 13.0 Å². The Labute approximate surface area is 113 Å². The van der Waals surface area contributed by atoms with E-state index < -0.39 is 0 Å². The molecule has 0 bridgehead atoms. The zero-order valence-corrected chi connectivity index (χ0v) is 11.0. The molecule has 3 nitrogen and oxygen atoms in total. The fraction of sp³-hybridized carbons (Fsp3) is 0.312. The van der Waals surface area contributed by atoms with Crippen LogP contribution in [-0.4, -0.2) is 5.91 Å². The number of hydrogen-bond donors (Lipinski definition) is 1. The summed E-state index contributed by atoms with van der Waals surface area (Å²) in [6.07, 6.45) is 5.18. The van der Waals surface area contributed by atoms with Gasteiger partial charge < -0.3 is 9.73 Å². The summed E-state index contributed by atoms with van der Waals surface area (Å²) >= 11 is 0. The highest BCUT2D eigenvalue weighted by molar-refractivity contribution is 5.75. The van der Waals surface area contributed by atoms with E-state index >= 15 is 0 Å². The summed E-state index contributed by atoms with van der Waals surface area (Å²) in [5, 5.41) is 2.85. The van der Waals surface area contributed by atoms with E-state index in [4.69, 9.17) is 4.42 Å². The molecule has 1 aromatic heterocycles. The first kappa shape index (κ1) is 13.4. The van der Waals surface area contributed by atoms with Crippen molar-refractivity contribution in [3.8, 4) is 0 Å². The van der Waals surface area contributed by atoms with E-state index in [2.05, 4.69) is 17.4 Å². The predicted molar refractivity (Wildman–Crippen MR) is 74.6 cm³/mol. The standard InChI is InChI=1S/C16H19NO2/c18-16(17-13-15-10-6-12-19-15)11-5-4-9-14-7-2-1-3-8-14/h1-3,6-8,10,12H,4-5,9,11,13H2,(H,17,18). The minimum atomic E-state index is 0.0875. The minimum Gasteiger partial charge on any atom is -0.467 e. The highest BCUT2D eigenvalue weighted by atomic mass is 16.3. The molecule has 0 aliphatic rings. The molecule has 0 aliphatic heterocycles. The molecule has 0 aliphatic carbocycles. The number of unbranched alkanes of at least 4 members (excludes halogenated alkanes) is 1. The molecule has 0 unspecified atom stereocenters. The van der Waals surface area contributed by atoms with Crippen molar-refractivity contribution in [3.63, 3.8) is 0 Å². The van der Waals surface area contributed by atoms with E-state index in [1.54, 1.807) is 6.26 Å². The average molecular weight is 257 g/mol. The van der Waals surface area contributed by atoms with Crippen molar-refractivity contribution in [2.24, 2.45) is 0 Å². The molecule has 100 valence electrons. The van der Waals surface area contributed by atoms with Gasteiger partial charge in [-0.2, -0.15) is 0 Å². The highest BCUT2D eigenvalue weighted by Gasteiger charge is 2.02. The first-order valence-electron chi connectivity index (χ1n) is 6.67. The maximum absolute atomic E-state index is 11.6.